The van der Waals surface area contributed by atoms with Crippen LogP contribution in [0, 0.1) is 5.82 Å². The highest BCUT2D eigenvalue weighted by Gasteiger charge is 2.30. The molecule has 0 bridgehead atoms. The molecule has 2 amide bonds. The first kappa shape index (κ1) is 30.2. The smallest absolute Gasteiger partial charge is 0.341 e. The summed E-state index contributed by atoms with van der Waals surface area (Å²) < 4.78 is 26.2. The lowest BCUT2D eigenvalue weighted by atomic mass is 10.1. The van der Waals surface area contributed by atoms with Crippen LogP contribution in [-0.2, 0) is 33.7 Å². The number of anilines is 1. The maximum Gasteiger partial charge on any atom is 0.341 e. The summed E-state index contributed by atoms with van der Waals surface area (Å²) in [6, 6.07) is 14.7. The van der Waals surface area contributed by atoms with E-state index in [2.05, 4.69) is 20.8 Å². The normalized spacial score (nSPS) is 12.8. The van der Waals surface area contributed by atoms with Gasteiger partial charge in [-0.15, -0.1) is 21.5 Å². The SMILES string of the molecule is CCOC(=O)c1c(NC(=O)[C@@H](C)Sc2nnc(CNC(=O)COc3ccccc3)n2-c2ccc(F)cc2)sc2c1CCC2. The number of amides is 2. The molecule has 43 heavy (non-hydrogen) atoms. The summed E-state index contributed by atoms with van der Waals surface area (Å²) in [6.07, 6.45) is 2.61. The monoisotopic (exact) mass is 623 g/mol. The van der Waals surface area contributed by atoms with Crippen LogP contribution in [0.2, 0.25) is 0 Å². The summed E-state index contributed by atoms with van der Waals surface area (Å²) in [5, 5.41) is 14.4. The molecule has 13 heteroatoms. The molecule has 1 aliphatic rings. The molecule has 0 radical (unpaired) electrons. The highest BCUT2D eigenvalue weighted by atomic mass is 32.2. The highest BCUT2D eigenvalue weighted by molar-refractivity contribution is 8.00. The van der Waals surface area contributed by atoms with Crippen LogP contribution >= 0.6 is 23.1 Å². The van der Waals surface area contributed by atoms with Crippen molar-refractivity contribution in [1.29, 1.82) is 0 Å². The third-order valence-corrected chi connectivity index (χ3v) is 8.88. The zero-order valence-corrected chi connectivity index (χ0v) is 25.2. The van der Waals surface area contributed by atoms with Gasteiger partial charge < -0.3 is 20.1 Å². The molecule has 0 saturated carbocycles. The lowest BCUT2D eigenvalue weighted by molar-refractivity contribution is -0.123. The first-order valence-electron chi connectivity index (χ1n) is 13.8. The molecule has 0 spiro atoms. The first-order chi connectivity index (χ1) is 20.8. The van der Waals surface area contributed by atoms with Crippen LogP contribution in [0.15, 0.2) is 59.8 Å². The van der Waals surface area contributed by atoms with E-state index in [-0.39, 0.29) is 31.6 Å². The molecule has 10 nitrogen and oxygen atoms in total. The van der Waals surface area contributed by atoms with Gasteiger partial charge in [-0.2, -0.15) is 0 Å². The van der Waals surface area contributed by atoms with Crippen LogP contribution in [0.25, 0.3) is 5.69 Å². The van der Waals surface area contributed by atoms with Gasteiger partial charge in [-0.05, 0) is 75.1 Å². The van der Waals surface area contributed by atoms with E-state index in [1.807, 2.05) is 18.2 Å². The van der Waals surface area contributed by atoms with E-state index in [0.717, 1.165) is 41.5 Å². The summed E-state index contributed by atoms with van der Waals surface area (Å²) in [4.78, 5) is 39.6. The molecule has 224 valence electrons. The first-order valence-corrected chi connectivity index (χ1v) is 15.5. The van der Waals surface area contributed by atoms with Crippen molar-refractivity contribution in [2.24, 2.45) is 0 Å². The molecule has 0 fully saturated rings. The van der Waals surface area contributed by atoms with Crippen LogP contribution in [0.3, 0.4) is 0 Å². The Balaban J connectivity index is 1.30. The second-order valence-electron chi connectivity index (χ2n) is 9.62. The van der Waals surface area contributed by atoms with E-state index in [1.165, 1.54) is 23.5 Å². The summed E-state index contributed by atoms with van der Waals surface area (Å²) >= 11 is 2.56. The van der Waals surface area contributed by atoms with Crippen LogP contribution in [0.5, 0.6) is 5.75 Å². The maximum atomic E-state index is 13.7. The number of fused-ring (bicyclic) bond motifs is 1. The van der Waals surface area contributed by atoms with Crippen molar-refractivity contribution in [2.45, 2.75) is 50.1 Å². The molecule has 0 unspecified atom stereocenters. The molecule has 1 aliphatic carbocycles. The Morgan fingerprint density at radius 1 is 1.09 bits per heavy atom. The van der Waals surface area contributed by atoms with Crippen LogP contribution in [-0.4, -0.2) is 51.0 Å². The van der Waals surface area contributed by atoms with Gasteiger partial charge in [0.2, 0.25) is 5.91 Å². The quantitative estimate of drug-likeness (QED) is 0.168. The summed E-state index contributed by atoms with van der Waals surface area (Å²) in [6.45, 7) is 3.54. The number of para-hydroxylation sites is 1. The molecule has 4 aromatic rings. The minimum atomic E-state index is -0.642. The van der Waals surface area contributed by atoms with Crippen LogP contribution in [0.4, 0.5) is 9.39 Å². The van der Waals surface area contributed by atoms with E-state index < -0.39 is 17.0 Å². The van der Waals surface area contributed by atoms with Gasteiger partial charge in [0.25, 0.3) is 5.91 Å². The maximum absolute atomic E-state index is 13.7. The van der Waals surface area contributed by atoms with E-state index in [4.69, 9.17) is 9.47 Å². The van der Waals surface area contributed by atoms with Gasteiger partial charge in [-0.25, -0.2) is 9.18 Å². The summed E-state index contributed by atoms with van der Waals surface area (Å²) in [5.41, 5.74) is 1.95. The predicted octanol–water partition coefficient (Wildman–Crippen LogP) is 4.95. The lowest BCUT2D eigenvalue weighted by Crippen LogP contribution is -2.29. The standard InChI is InChI=1S/C30H30FN5O5S2/c1-3-40-29(39)26-22-10-7-11-23(22)43-28(26)33-27(38)18(2)42-30-35-34-24(36(30)20-14-12-19(31)13-15-20)16-32-25(37)17-41-21-8-5-4-6-9-21/h4-6,8-9,12-15,18H,3,7,10-11,16-17H2,1-2H3,(H,32,37)(H,33,38)/t18-/m1/s1. The van der Waals surface area contributed by atoms with Crippen molar-refractivity contribution in [3.05, 3.63) is 82.2 Å². The van der Waals surface area contributed by atoms with Gasteiger partial charge in [0, 0.05) is 10.6 Å². The minimum Gasteiger partial charge on any atom is -0.484 e. The molecule has 0 aliphatic heterocycles. The average molecular weight is 624 g/mol. The van der Waals surface area contributed by atoms with E-state index >= 15 is 0 Å². The largest absolute Gasteiger partial charge is 0.484 e. The van der Waals surface area contributed by atoms with Gasteiger partial charge in [0.1, 0.15) is 16.6 Å². The topological polar surface area (TPSA) is 124 Å². The number of benzene rings is 2. The van der Waals surface area contributed by atoms with Crippen molar-refractivity contribution >= 4 is 45.9 Å². The van der Waals surface area contributed by atoms with Gasteiger partial charge in [0.05, 0.1) is 24.0 Å². The number of rotatable bonds is 12. The Kier molecular flexibility index (Phi) is 9.72. The molecule has 2 aromatic carbocycles. The van der Waals surface area contributed by atoms with Crippen molar-refractivity contribution < 1.29 is 28.2 Å². The molecular formula is C30H30FN5O5S2. The Morgan fingerprint density at radius 2 is 1.86 bits per heavy atom. The van der Waals surface area contributed by atoms with Crippen LogP contribution in [0.1, 0.15) is 46.9 Å². The number of ether oxygens (including phenoxy) is 2. The zero-order chi connectivity index (χ0) is 30.3. The number of nitrogens with one attached hydrogen (secondary N) is 2. The summed E-state index contributed by atoms with van der Waals surface area (Å²) in [5.74, 6) is -0.577. The molecule has 0 saturated heterocycles. The number of hydrogen-bond acceptors (Lipinski definition) is 9. The number of nitrogens with zero attached hydrogens (tertiary/aromatic N) is 3. The molecular weight excluding hydrogens is 593 g/mol. The molecule has 2 heterocycles. The summed E-state index contributed by atoms with van der Waals surface area (Å²) in [7, 11) is 0. The Bertz CT molecular complexity index is 1610. The number of aryl methyl sites for hydroxylation is 1. The van der Waals surface area contributed by atoms with E-state index in [9.17, 15) is 18.8 Å². The van der Waals surface area contributed by atoms with Gasteiger partial charge in [-0.1, -0.05) is 30.0 Å². The van der Waals surface area contributed by atoms with Crippen molar-refractivity contribution in [3.63, 3.8) is 0 Å². The molecule has 2 N–H and O–H groups in total. The fourth-order valence-electron chi connectivity index (χ4n) is 4.57. The minimum absolute atomic E-state index is 0.0200. The number of carbonyl (C=O) groups excluding carboxylic acids is 3. The second-order valence-corrected chi connectivity index (χ2v) is 12.0. The van der Waals surface area contributed by atoms with Gasteiger partial charge in [-0.3, -0.25) is 14.2 Å². The van der Waals surface area contributed by atoms with Crippen molar-refractivity contribution in [3.8, 4) is 11.4 Å². The third kappa shape index (κ3) is 7.23. The number of thioether (sulfide) groups is 1. The number of thiophene rings is 1. The molecule has 5 rings (SSSR count). The average Bonchev–Trinajstić information content (AvgIpc) is 3.71. The number of carbonyl (C=O) groups is 3. The van der Waals surface area contributed by atoms with Gasteiger partial charge in [0.15, 0.2) is 17.6 Å². The van der Waals surface area contributed by atoms with Crippen molar-refractivity contribution in [2.75, 3.05) is 18.5 Å². The predicted molar refractivity (Wildman–Crippen MR) is 161 cm³/mol. The highest BCUT2D eigenvalue weighted by Crippen LogP contribution is 2.40. The molecule has 1 atom stereocenters. The van der Waals surface area contributed by atoms with Crippen LogP contribution < -0.4 is 15.4 Å². The zero-order valence-electron chi connectivity index (χ0n) is 23.6. The number of esters is 1. The Labute approximate surface area is 256 Å². The van der Waals surface area contributed by atoms with Gasteiger partial charge >= 0.3 is 5.97 Å². The number of aromatic nitrogens is 3. The fraction of sp³-hybridized carbons (Fsp3) is 0.300. The number of hydrogen-bond donors (Lipinski definition) is 2. The molecule has 2 aromatic heterocycles. The fourth-order valence-corrected chi connectivity index (χ4v) is 6.74. The Hall–Kier alpha value is -4.23. The Morgan fingerprint density at radius 3 is 2.60 bits per heavy atom. The second kappa shape index (κ2) is 13.8. The number of halogens is 1. The van der Waals surface area contributed by atoms with E-state index in [1.54, 1.807) is 42.7 Å². The third-order valence-electron chi connectivity index (χ3n) is 6.63. The lowest BCUT2D eigenvalue weighted by Gasteiger charge is -2.14. The van der Waals surface area contributed by atoms with E-state index in [0.29, 0.717) is 33.0 Å². The van der Waals surface area contributed by atoms with Crippen molar-refractivity contribution in [1.82, 2.24) is 20.1 Å².